The molecule has 3 aromatic rings. The molecule has 2 aromatic heterocycles. The van der Waals surface area contributed by atoms with E-state index in [1.165, 1.54) is 11.3 Å². The molecule has 0 aliphatic heterocycles. The third-order valence-corrected chi connectivity index (χ3v) is 5.16. The number of hydrogen-bond donors (Lipinski definition) is 1. The molecule has 8 heteroatoms. The van der Waals surface area contributed by atoms with Crippen LogP contribution >= 0.6 is 11.3 Å². The number of carbonyl (C=O) groups is 2. The van der Waals surface area contributed by atoms with E-state index in [2.05, 4.69) is 15.5 Å². The van der Waals surface area contributed by atoms with Crippen molar-refractivity contribution in [2.24, 2.45) is 0 Å². The summed E-state index contributed by atoms with van der Waals surface area (Å²) in [5.74, 6) is 0.400. The second-order valence-electron chi connectivity index (χ2n) is 6.52. The third-order valence-electron chi connectivity index (χ3n) is 4.03. The molecule has 1 N–H and O–H groups in total. The van der Waals surface area contributed by atoms with Crippen molar-refractivity contribution < 1.29 is 14.3 Å². The first-order chi connectivity index (χ1) is 12.9. The molecule has 0 unspecified atom stereocenters. The number of anilines is 1. The number of esters is 1. The Bertz CT molecular complexity index is 990. The molecular weight excluding hydrogens is 364 g/mol. The lowest BCUT2D eigenvalue weighted by molar-refractivity contribution is 0.0505. The van der Waals surface area contributed by atoms with Crippen LogP contribution in [0.3, 0.4) is 0 Å². The van der Waals surface area contributed by atoms with Crippen molar-refractivity contribution in [1.29, 1.82) is 0 Å². The summed E-state index contributed by atoms with van der Waals surface area (Å²) in [7, 11) is 0. The smallest absolute Gasteiger partial charge is 0.338 e. The number of aromatic nitrogens is 3. The summed E-state index contributed by atoms with van der Waals surface area (Å²) in [5.41, 5.74) is 1.75. The van der Waals surface area contributed by atoms with Gasteiger partial charge in [-0.05, 0) is 31.5 Å². The number of benzene rings is 1. The van der Waals surface area contributed by atoms with Crippen molar-refractivity contribution in [2.45, 2.75) is 40.0 Å². The highest BCUT2D eigenvalue weighted by Crippen LogP contribution is 2.26. The van der Waals surface area contributed by atoms with Crippen LogP contribution in [-0.4, -0.2) is 33.1 Å². The van der Waals surface area contributed by atoms with Crippen LogP contribution in [0.5, 0.6) is 0 Å². The Kier molecular flexibility index (Phi) is 5.55. The molecule has 1 aromatic carbocycles. The summed E-state index contributed by atoms with van der Waals surface area (Å²) < 4.78 is 7.06. The maximum Gasteiger partial charge on any atom is 0.338 e. The number of carbonyl (C=O) groups excluding carboxylic acids is 2. The number of nitrogens with zero attached hydrogens (tertiary/aromatic N) is 3. The van der Waals surface area contributed by atoms with E-state index in [-0.39, 0.29) is 11.8 Å². The number of fused-ring (bicyclic) bond motifs is 1. The first-order valence-corrected chi connectivity index (χ1v) is 9.67. The Morgan fingerprint density at radius 1 is 1.30 bits per heavy atom. The van der Waals surface area contributed by atoms with Crippen molar-refractivity contribution in [3.05, 3.63) is 46.2 Å². The minimum Gasteiger partial charge on any atom is -0.462 e. The maximum absolute atomic E-state index is 12.8. The van der Waals surface area contributed by atoms with Gasteiger partial charge in [0.25, 0.3) is 5.91 Å². The lowest BCUT2D eigenvalue weighted by Gasteiger charge is -2.08. The van der Waals surface area contributed by atoms with Gasteiger partial charge in [0, 0.05) is 17.3 Å². The molecule has 0 aliphatic carbocycles. The molecule has 1 amide bonds. The van der Waals surface area contributed by atoms with Crippen LogP contribution in [0, 0.1) is 6.92 Å². The van der Waals surface area contributed by atoms with E-state index in [0.717, 1.165) is 17.9 Å². The highest BCUT2D eigenvalue weighted by molar-refractivity contribution is 7.19. The van der Waals surface area contributed by atoms with Gasteiger partial charge >= 0.3 is 5.97 Å². The molecule has 0 fully saturated rings. The Hall–Kier alpha value is -2.74. The normalized spacial score (nSPS) is 11.1. The van der Waals surface area contributed by atoms with Crippen LogP contribution in [0.15, 0.2) is 24.3 Å². The number of ether oxygens (including phenoxy) is 1. The number of rotatable bonds is 6. The fraction of sp³-hybridized carbons (Fsp3) is 0.368. The zero-order chi connectivity index (χ0) is 19.6. The van der Waals surface area contributed by atoms with Crippen molar-refractivity contribution in [3.63, 3.8) is 0 Å². The minimum absolute atomic E-state index is 0.204. The fourth-order valence-corrected chi connectivity index (χ4v) is 3.67. The van der Waals surface area contributed by atoms with Crippen molar-refractivity contribution in [3.8, 4) is 0 Å². The molecule has 27 heavy (non-hydrogen) atoms. The monoisotopic (exact) mass is 386 g/mol. The van der Waals surface area contributed by atoms with Crippen LogP contribution in [0.1, 0.15) is 64.7 Å². The highest BCUT2D eigenvalue weighted by atomic mass is 32.1. The number of hydrogen-bond acceptors (Lipinski definition) is 6. The molecule has 0 atom stereocenters. The van der Waals surface area contributed by atoms with E-state index in [0.29, 0.717) is 27.7 Å². The van der Waals surface area contributed by atoms with Gasteiger partial charge in [-0.2, -0.15) is 0 Å². The van der Waals surface area contributed by atoms with Crippen molar-refractivity contribution >= 4 is 33.9 Å². The van der Waals surface area contributed by atoms with E-state index >= 15 is 0 Å². The van der Waals surface area contributed by atoms with Crippen LogP contribution < -0.4 is 5.32 Å². The summed E-state index contributed by atoms with van der Waals surface area (Å²) in [6.45, 7) is 8.26. The maximum atomic E-state index is 12.8. The van der Waals surface area contributed by atoms with Gasteiger partial charge in [-0.15, -0.1) is 10.2 Å². The van der Waals surface area contributed by atoms with Gasteiger partial charge in [-0.1, -0.05) is 38.2 Å². The number of aryl methyl sites for hydroxylation is 1. The summed E-state index contributed by atoms with van der Waals surface area (Å²) in [5, 5.41) is 11.2. The standard InChI is InChI=1S/C19H22N4O3S/c1-5-9-26-18(25)13-7-6-8-14(10-13)20-17(24)15-12(4)23-16(11(2)3)21-22-19(23)27-15/h6-8,10-11H,5,9H2,1-4H3,(H,20,24). The lowest BCUT2D eigenvalue weighted by atomic mass is 10.2. The topological polar surface area (TPSA) is 85.6 Å². The van der Waals surface area contributed by atoms with Gasteiger partial charge in [0.15, 0.2) is 0 Å². The van der Waals surface area contributed by atoms with Gasteiger partial charge in [-0.3, -0.25) is 9.20 Å². The molecule has 3 rings (SSSR count). The molecule has 7 nitrogen and oxygen atoms in total. The number of amides is 1. The SMILES string of the molecule is CCCOC(=O)c1cccc(NC(=O)c2sc3nnc(C(C)C)n3c2C)c1. The average molecular weight is 386 g/mol. The first kappa shape index (κ1) is 19.0. The van der Waals surface area contributed by atoms with Gasteiger partial charge in [-0.25, -0.2) is 4.79 Å². The molecule has 142 valence electrons. The lowest BCUT2D eigenvalue weighted by Crippen LogP contribution is -2.13. The van der Waals surface area contributed by atoms with E-state index in [4.69, 9.17) is 4.74 Å². The average Bonchev–Trinajstić information content (AvgIpc) is 3.20. The summed E-state index contributed by atoms with van der Waals surface area (Å²) in [6.07, 6.45) is 0.759. The number of nitrogens with one attached hydrogen (secondary N) is 1. The highest BCUT2D eigenvalue weighted by Gasteiger charge is 2.21. The van der Waals surface area contributed by atoms with Crippen LogP contribution in [0.2, 0.25) is 0 Å². The molecule has 0 bridgehead atoms. The predicted octanol–water partition coefficient (Wildman–Crippen LogP) is 4.04. The van der Waals surface area contributed by atoms with Gasteiger partial charge < -0.3 is 10.1 Å². The molecule has 0 aliphatic rings. The van der Waals surface area contributed by atoms with Crippen LogP contribution in [-0.2, 0) is 4.74 Å². The largest absolute Gasteiger partial charge is 0.462 e. The van der Waals surface area contributed by atoms with Crippen LogP contribution in [0.25, 0.3) is 4.96 Å². The third kappa shape index (κ3) is 3.85. The molecule has 2 heterocycles. The molecule has 0 saturated carbocycles. The zero-order valence-corrected chi connectivity index (χ0v) is 16.6. The molecular formula is C19H22N4O3S. The van der Waals surface area contributed by atoms with E-state index < -0.39 is 5.97 Å². The van der Waals surface area contributed by atoms with Crippen molar-refractivity contribution in [2.75, 3.05) is 11.9 Å². The number of thiazole rings is 1. The Labute approximate surface area is 161 Å². The van der Waals surface area contributed by atoms with Gasteiger partial charge in [0.1, 0.15) is 10.7 Å². The summed E-state index contributed by atoms with van der Waals surface area (Å²) in [4.78, 5) is 26.0. The second kappa shape index (κ2) is 7.87. The Balaban J connectivity index is 1.83. The minimum atomic E-state index is -0.397. The Morgan fingerprint density at radius 2 is 2.07 bits per heavy atom. The van der Waals surface area contributed by atoms with Crippen molar-refractivity contribution in [1.82, 2.24) is 14.6 Å². The van der Waals surface area contributed by atoms with Gasteiger partial charge in [0.05, 0.1) is 12.2 Å². The zero-order valence-electron chi connectivity index (χ0n) is 15.8. The fourth-order valence-electron chi connectivity index (χ4n) is 2.70. The quantitative estimate of drug-likeness (QED) is 0.646. The summed E-state index contributed by atoms with van der Waals surface area (Å²) >= 11 is 1.30. The van der Waals surface area contributed by atoms with Gasteiger partial charge in [0.2, 0.25) is 4.96 Å². The predicted molar refractivity (Wildman–Crippen MR) is 105 cm³/mol. The Morgan fingerprint density at radius 3 is 2.78 bits per heavy atom. The van der Waals surface area contributed by atoms with E-state index in [9.17, 15) is 9.59 Å². The molecule has 0 spiro atoms. The van der Waals surface area contributed by atoms with E-state index in [1.807, 2.05) is 32.1 Å². The molecule has 0 saturated heterocycles. The first-order valence-electron chi connectivity index (χ1n) is 8.85. The van der Waals surface area contributed by atoms with E-state index in [1.54, 1.807) is 24.3 Å². The van der Waals surface area contributed by atoms with Crippen LogP contribution in [0.4, 0.5) is 5.69 Å². The second-order valence-corrected chi connectivity index (χ2v) is 7.50. The molecule has 0 radical (unpaired) electrons. The summed E-state index contributed by atoms with van der Waals surface area (Å²) in [6, 6.07) is 6.74.